The molecule has 14 heavy (non-hydrogen) atoms. The monoisotopic (exact) mass is 181 g/mol. The van der Waals surface area contributed by atoms with Crippen LogP contribution in [0.5, 0.6) is 0 Å². The summed E-state index contributed by atoms with van der Waals surface area (Å²) in [5.41, 5.74) is 6.75. The number of fused-ring (bicyclic) bond motifs is 1. The first-order valence-corrected chi connectivity index (χ1v) is 4.35. The zero-order chi connectivity index (χ0) is 9.38. The Morgan fingerprint density at radius 2 is 2.21 bits per heavy atom. The molecule has 0 saturated carbocycles. The van der Waals surface area contributed by atoms with Crippen molar-refractivity contribution in [3.05, 3.63) is 48.1 Å². The maximum absolute atomic E-state index is 4.39. The number of nitrogens with zero attached hydrogens (tertiary/aromatic N) is 2. The van der Waals surface area contributed by atoms with Crippen LogP contribution in [0, 0.1) is 0 Å². The summed E-state index contributed by atoms with van der Waals surface area (Å²) in [6.45, 7) is 0. The van der Waals surface area contributed by atoms with Crippen molar-refractivity contribution in [2.45, 2.75) is 0 Å². The van der Waals surface area contributed by atoms with E-state index in [4.69, 9.17) is 0 Å². The highest BCUT2D eigenvalue weighted by molar-refractivity contribution is 5.78. The van der Waals surface area contributed by atoms with Gasteiger partial charge in [0.2, 0.25) is 0 Å². The first kappa shape index (κ1) is 7.22. The molecule has 3 rings (SSSR count). The first-order valence-electron chi connectivity index (χ1n) is 4.35. The van der Waals surface area contributed by atoms with Gasteiger partial charge in [-0.2, -0.15) is 5.10 Å². The molecule has 1 N–H and O–H groups in total. The predicted octanol–water partition coefficient (Wildman–Crippen LogP) is 1.71. The Balaban J connectivity index is 2.24. The maximum atomic E-state index is 4.39. The summed E-state index contributed by atoms with van der Waals surface area (Å²) in [6, 6.07) is 7.99. The molecule has 1 aliphatic heterocycles. The van der Waals surface area contributed by atoms with Crippen molar-refractivity contribution in [2.24, 2.45) is 0 Å². The van der Waals surface area contributed by atoms with Crippen LogP contribution in [0.1, 0.15) is 0 Å². The number of benzene rings is 1. The van der Waals surface area contributed by atoms with E-state index in [2.05, 4.69) is 21.9 Å². The second kappa shape index (κ2) is 2.64. The van der Waals surface area contributed by atoms with Gasteiger partial charge in [-0.25, -0.2) is 4.68 Å². The van der Waals surface area contributed by atoms with Crippen LogP contribution < -0.4 is 5.32 Å². The van der Waals surface area contributed by atoms with Gasteiger partial charge in [0.15, 0.2) is 5.82 Å². The van der Waals surface area contributed by atoms with E-state index in [1.165, 1.54) is 0 Å². The van der Waals surface area contributed by atoms with Gasteiger partial charge in [0.05, 0.1) is 11.7 Å². The first-order chi connectivity index (χ1) is 6.93. The van der Waals surface area contributed by atoms with E-state index >= 15 is 0 Å². The molecule has 0 bridgehead atoms. The maximum Gasteiger partial charge on any atom is 0.184 e. The van der Waals surface area contributed by atoms with Gasteiger partial charge >= 0.3 is 0 Å². The highest BCUT2D eigenvalue weighted by atomic mass is 15.3. The minimum Gasteiger partial charge on any atom is -0.332 e. The van der Waals surface area contributed by atoms with Crippen LogP contribution in [-0.2, 0) is 0 Å². The van der Waals surface area contributed by atoms with Crippen LogP contribution in [0.25, 0.3) is 16.7 Å². The molecule has 0 unspecified atom stereocenters. The molecule has 3 heteroatoms. The van der Waals surface area contributed by atoms with Gasteiger partial charge < -0.3 is 5.32 Å². The fourth-order valence-corrected chi connectivity index (χ4v) is 1.45. The fraction of sp³-hybridized carbons (Fsp3) is 0. The molecule has 0 fully saturated rings. The molecule has 2 heterocycles. The van der Waals surface area contributed by atoms with E-state index in [0.717, 1.165) is 16.7 Å². The van der Waals surface area contributed by atoms with Crippen LogP contribution in [0.3, 0.4) is 0 Å². The molecular formula is C11H7N3. The van der Waals surface area contributed by atoms with Gasteiger partial charge in [0, 0.05) is 11.6 Å². The zero-order valence-electron chi connectivity index (χ0n) is 7.36. The molecule has 0 aliphatic carbocycles. The lowest BCUT2D eigenvalue weighted by molar-refractivity contribution is 0.871. The van der Waals surface area contributed by atoms with Gasteiger partial charge in [-0.1, -0.05) is 18.2 Å². The molecule has 0 amide bonds. The minimum absolute atomic E-state index is 0.807. The van der Waals surface area contributed by atoms with Crippen molar-refractivity contribution in [2.75, 3.05) is 0 Å². The van der Waals surface area contributed by atoms with E-state index in [1.807, 2.05) is 30.5 Å². The highest BCUT2D eigenvalue weighted by Crippen LogP contribution is 2.13. The normalized spacial score (nSPS) is 13.3. The lowest BCUT2D eigenvalue weighted by Crippen LogP contribution is -2.08. The molecule has 1 aromatic heterocycles. The molecule has 2 aromatic rings. The van der Waals surface area contributed by atoms with E-state index in [9.17, 15) is 0 Å². The van der Waals surface area contributed by atoms with Gasteiger partial charge in [0.1, 0.15) is 0 Å². The average Bonchev–Trinajstić information content (AvgIpc) is 2.86. The van der Waals surface area contributed by atoms with Crippen LogP contribution >= 0.6 is 0 Å². The van der Waals surface area contributed by atoms with Crippen LogP contribution in [-0.4, -0.2) is 9.78 Å². The zero-order valence-corrected chi connectivity index (χ0v) is 7.36. The number of aromatic nitrogens is 2. The third kappa shape index (κ3) is 0.979. The number of rotatable bonds is 1. The van der Waals surface area contributed by atoms with Crippen LogP contribution in [0.15, 0.2) is 48.1 Å². The van der Waals surface area contributed by atoms with Crippen molar-refractivity contribution >= 4 is 16.7 Å². The van der Waals surface area contributed by atoms with Gasteiger partial charge in [-0.3, -0.25) is 0 Å². The predicted molar refractivity (Wildman–Crippen MR) is 54.2 cm³/mol. The molecule has 1 aromatic carbocycles. The van der Waals surface area contributed by atoms with Crippen molar-refractivity contribution < 1.29 is 0 Å². The molecule has 3 nitrogen and oxygen atoms in total. The highest BCUT2D eigenvalue weighted by Gasteiger charge is 2.03. The summed E-state index contributed by atoms with van der Waals surface area (Å²) >= 11 is 0. The van der Waals surface area contributed by atoms with E-state index in [0.29, 0.717) is 0 Å². The number of hydrogen-bond donors (Lipinski definition) is 1. The third-order valence-corrected chi connectivity index (χ3v) is 2.11. The molecule has 0 spiro atoms. The second-order valence-electron chi connectivity index (χ2n) is 3.04. The Hall–Kier alpha value is -2.21. The van der Waals surface area contributed by atoms with Gasteiger partial charge in [0.25, 0.3) is 0 Å². The van der Waals surface area contributed by atoms with Crippen LogP contribution in [0.2, 0.25) is 0 Å². The van der Waals surface area contributed by atoms with Gasteiger partial charge in [-0.15, -0.1) is 0 Å². The minimum atomic E-state index is 0.807. The molecule has 0 saturated heterocycles. The smallest absolute Gasteiger partial charge is 0.184 e. The lowest BCUT2D eigenvalue weighted by atomic mass is 10.3. The summed E-state index contributed by atoms with van der Waals surface area (Å²) in [7, 11) is 0. The Morgan fingerprint density at radius 1 is 1.29 bits per heavy atom. The van der Waals surface area contributed by atoms with Crippen molar-refractivity contribution in [1.29, 1.82) is 0 Å². The molecule has 1 aliphatic rings. The average molecular weight is 181 g/mol. The Morgan fingerprint density at radius 3 is 3.00 bits per heavy atom. The Labute approximate surface area is 80.7 Å². The standard InChI is InChI=1S/C11H7N3/c1-2-5-10-9(4-1)8-14(13-10)11-6-3-7-12-11/h1-2,4-5,7-8,12H. The Bertz CT molecular complexity index is 561. The number of hydrogen-bond acceptors (Lipinski definition) is 2. The fourth-order valence-electron chi connectivity index (χ4n) is 1.45. The van der Waals surface area contributed by atoms with Crippen molar-refractivity contribution in [3.63, 3.8) is 0 Å². The summed E-state index contributed by atoms with van der Waals surface area (Å²) < 4.78 is 1.77. The van der Waals surface area contributed by atoms with E-state index in [-0.39, 0.29) is 0 Å². The summed E-state index contributed by atoms with van der Waals surface area (Å²) in [6.07, 6.45) is 3.67. The quantitative estimate of drug-likeness (QED) is 0.679. The molecule has 0 atom stereocenters. The Kier molecular flexibility index (Phi) is 1.36. The largest absolute Gasteiger partial charge is 0.332 e. The summed E-state index contributed by atoms with van der Waals surface area (Å²) in [5, 5.41) is 8.51. The lowest BCUT2D eigenvalue weighted by Gasteiger charge is -1.98. The van der Waals surface area contributed by atoms with Crippen molar-refractivity contribution in [1.82, 2.24) is 15.1 Å². The summed E-state index contributed by atoms with van der Waals surface area (Å²) in [5.74, 6) is 0.807. The molecule has 0 radical (unpaired) electrons. The number of nitrogens with one attached hydrogen (secondary N) is 1. The van der Waals surface area contributed by atoms with Gasteiger partial charge in [-0.05, 0) is 17.5 Å². The second-order valence-corrected chi connectivity index (χ2v) is 3.04. The van der Waals surface area contributed by atoms with E-state index < -0.39 is 0 Å². The topological polar surface area (TPSA) is 29.9 Å². The molecular weight excluding hydrogens is 174 g/mol. The van der Waals surface area contributed by atoms with Crippen molar-refractivity contribution in [3.8, 4) is 0 Å². The molecule has 66 valence electrons. The SMILES string of the molecule is C1=C=C(n2cc3ccccc3n2)NC=1. The summed E-state index contributed by atoms with van der Waals surface area (Å²) in [4.78, 5) is 0. The van der Waals surface area contributed by atoms with E-state index in [1.54, 1.807) is 10.9 Å². The third-order valence-electron chi connectivity index (χ3n) is 2.11. The van der Waals surface area contributed by atoms with Crippen LogP contribution in [0.4, 0.5) is 0 Å².